The normalized spacial score (nSPS) is 17.0. The van der Waals surface area contributed by atoms with Crippen molar-refractivity contribution in [3.05, 3.63) is 53.7 Å². The van der Waals surface area contributed by atoms with E-state index < -0.39 is 0 Å². The molecule has 6 heteroatoms. The van der Waals surface area contributed by atoms with Crippen LogP contribution in [0.15, 0.2) is 42.5 Å². The third-order valence-electron chi connectivity index (χ3n) is 5.14. The van der Waals surface area contributed by atoms with Crippen molar-refractivity contribution in [3.8, 4) is 17.2 Å². The molecule has 5 rings (SSSR count). The van der Waals surface area contributed by atoms with Crippen LogP contribution in [0.5, 0.6) is 17.2 Å². The van der Waals surface area contributed by atoms with Crippen LogP contribution >= 0.6 is 0 Å². The molecule has 27 heavy (non-hydrogen) atoms. The van der Waals surface area contributed by atoms with Gasteiger partial charge in [-0.3, -0.25) is 4.79 Å². The summed E-state index contributed by atoms with van der Waals surface area (Å²) < 4.78 is 18.8. The number of rotatable bonds is 4. The molecule has 2 aromatic carbocycles. The molecule has 1 aromatic heterocycles. The van der Waals surface area contributed by atoms with Crippen LogP contribution in [0.3, 0.4) is 0 Å². The molecule has 0 spiro atoms. The summed E-state index contributed by atoms with van der Waals surface area (Å²) in [6.07, 6.45) is 0.975. The lowest BCUT2D eigenvalue weighted by atomic mass is 10.2. The minimum absolute atomic E-state index is 0.0795. The van der Waals surface area contributed by atoms with E-state index >= 15 is 0 Å². The van der Waals surface area contributed by atoms with E-state index in [0.717, 1.165) is 40.1 Å². The Bertz CT molecular complexity index is 1040. The fourth-order valence-corrected chi connectivity index (χ4v) is 3.72. The van der Waals surface area contributed by atoms with E-state index in [9.17, 15) is 4.79 Å². The number of amides is 1. The Labute approximate surface area is 156 Å². The molecule has 3 heterocycles. The highest BCUT2D eigenvalue weighted by molar-refractivity contribution is 6.00. The van der Waals surface area contributed by atoms with Crippen LogP contribution in [0.1, 0.15) is 29.4 Å². The molecule has 138 valence electrons. The van der Waals surface area contributed by atoms with Gasteiger partial charge in [0, 0.05) is 11.9 Å². The number of aromatic nitrogens is 1. The van der Waals surface area contributed by atoms with Gasteiger partial charge in [0.05, 0.1) is 12.1 Å². The summed E-state index contributed by atoms with van der Waals surface area (Å²) in [6.45, 7) is 3.45. The summed E-state index contributed by atoms with van der Waals surface area (Å²) in [6, 6.07) is 13.6. The minimum Gasteiger partial charge on any atom is -0.486 e. The Morgan fingerprint density at radius 2 is 2.04 bits per heavy atom. The number of para-hydroxylation sites is 1. The Hall–Kier alpha value is -3.15. The minimum atomic E-state index is -0.0911. The summed E-state index contributed by atoms with van der Waals surface area (Å²) in [5.41, 5.74) is 2.63. The van der Waals surface area contributed by atoms with E-state index in [1.54, 1.807) is 0 Å². The van der Waals surface area contributed by atoms with E-state index in [1.807, 2.05) is 42.5 Å². The summed E-state index contributed by atoms with van der Waals surface area (Å²) in [5, 5.41) is 4.04. The fourth-order valence-electron chi connectivity index (χ4n) is 3.72. The summed E-state index contributed by atoms with van der Waals surface area (Å²) in [5.74, 6) is 2.22. The van der Waals surface area contributed by atoms with Gasteiger partial charge in [-0.15, -0.1) is 0 Å². The molecule has 1 atom stereocenters. The van der Waals surface area contributed by atoms with E-state index in [4.69, 9.17) is 14.2 Å². The van der Waals surface area contributed by atoms with Crippen LogP contribution < -0.4 is 19.5 Å². The van der Waals surface area contributed by atoms with Gasteiger partial charge in [-0.25, -0.2) is 0 Å². The molecule has 0 unspecified atom stereocenters. The molecule has 2 aliphatic rings. The van der Waals surface area contributed by atoms with Crippen LogP contribution in [-0.4, -0.2) is 23.4 Å². The van der Waals surface area contributed by atoms with Gasteiger partial charge in [-0.05, 0) is 36.2 Å². The first-order valence-electron chi connectivity index (χ1n) is 9.18. The molecule has 0 aliphatic carbocycles. The van der Waals surface area contributed by atoms with Crippen molar-refractivity contribution in [3.63, 3.8) is 0 Å². The number of fused-ring (bicyclic) bond motifs is 1. The van der Waals surface area contributed by atoms with Crippen molar-refractivity contribution >= 4 is 16.8 Å². The number of nitrogens with one attached hydrogen (secondary N) is 1. The molecule has 3 aromatic rings. The van der Waals surface area contributed by atoms with Crippen LogP contribution in [0, 0.1) is 0 Å². The van der Waals surface area contributed by atoms with Gasteiger partial charge < -0.3 is 24.1 Å². The quantitative estimate of drug-likeness (QED) is 0.770. The van der Waals surface area contributed by atoms with Gasteiger partial charge >= 0.3 is 0 Å². The van der Waals surface area contributed by atoms with E-state index in [-0.39, 0.29) is 18.8 Å². The Kier molecular flexibility index (Phi) is 3.70. The van der Waals surface area contributed by atoms with Crippen molar-refractivity contribution in [2.24, 2.45) is 0 Å². The third-order valence-corrected chi connectivity index (χ3v) is 5.14. The monoisotopic (exact) mass is 364 g/mol. The molecule has 6 nitrogen and oxygen atoms in total. The number of carbonyl (C=O) groups is 1. The molecule has 1 N–H and O–H groups in total. The molecule has 0 saturated heterocycles. The first kappa shape index (κ1) is 16.1. The average Bonchev–Trinajstić information content (AvgIpc) is 3.31. The van der Waals surface area contributed by atoms with E-state index in [1.165, 1.54) is 0 Å². The number of hydrogen-bond donors (Lipinski definition) is 1. The molecule has 0 bridgehead atoms. The topological polar surface area (TPSA) is 61.7 Å². The second-order valence-electron chi connectivity index (χ2n) is 6.85. The molecule has 2 aliphatic heterocycles. The highest BCUT2D eigenvalue weighted by Gasteiger charge is 2.25. The maximum absolute atomic E-state index is 12.9. The Morgan fingerprint density at radius 3 is 2.93 bits per heavy atom. The maximum atomic E-state index is 12.9. The number of ether oxygens (including phenoxy) is 3. The zero-order valence-electron chi connectivity index (χ0n) is 15.0. The molecular weight excluding hydrogens is 344 g/mol. The second kappa shape index (κ2) is 6.23. The Balaban J connectivity index is 1.41. The Morgan fingerprint density at radius 1 is 1.15 bits per heavy atom. The SMILES string of the molecule is CC[C@@H]1Cn2c(C(=O)NCc3ccc4c(c3)OCO4)cc3cccc(c32)O1. The molecular formula is C21H20N2O4. The smallest absolute Gasteiger partial charge is 0.268 e. The lowest BCUT2D eigenvalue weighted by molar-refractivity contribution is 0.0935. The van der Waals surface area contributed by atoms with Crippen molar-refractivity contribution in [2.75, 3.05) is 6.79 Å². The molecule has 0 saturated carbocycles. The standard InChI is InChI=1S/C21H20N2O4/c1-2-15-11-23-16(9-14-4-3-5-18(27-15)20(14)23)21(24)22-10-13-6-7-17-19(8-13)26-12-25-17/h3-9,15H,2,10-12H2,1H3,(H,22,24)/t15-/m1/s1. The van der Waals surface area contributed by atoms with Gasteiger partial charge in [0.2, 0.25) is 6.79 Å². The lowest BCUT2D eigenvalue weighted by Crippen LogP contribution is -2.31. The third kappa shape index (κ3) is 2.68. The van der Waals surface area contributed by atoms with Crippen LogP contribution in [-0.2, 0) is 13.1 Å². The number of nitrogens with zero attached hydrogens (tertiary/aromatic N) is 1. The van der Waals surface area contributed by atoms with Crippen LogP contribution in [0.25, 0.3) is 10.9 Å². The van der Waals surface area contributed by atoms with Crippen LogP contribution in [0.4, 0.5) is 0 Å². The van der Waals surface area contributed by atoms with E-state index in [2.05, 4.69) is 16.8 Å². The van der Waals surface area contributed by atoms with Crippen molar-refractivity contribution in [2.45, 2.75) is 32.5 Å². The highest BCUT2D eigenvalue weighted by atomic mass is 16.7. The van der Waals surface area contributed by atoms with Gasteiger partial charge in [0.1, 0.15) is 17.5 Å². The lowest BCUT2D eigenvalue weighted by Gasteiger charge is -2.26. The summed E-state index contributed by atoms with van der Waals surface area (Å²) in [7, 11) is 0. The number of benzene rings is 2. The number of hydrogen-bond acceptors (Lipinski definition) is 4. The van der Waals surface area contributed by atoms with Gasteiger partial charge in [0.15, 0.2) is 11.5 Å². The largest absolute Gasteiger partial charge is 0.486 e. The summed E-state index contributed by atoms with van der Waals surface area (Å²) >= 11 is 0. The zero-order chi connectivity index (χ0) is 18.4. The van der Waals surface area contributed by atoms with Crippen molar-refractivity contribution in [1.29, 1.82) is 0 Å². The molecule has 0 fully saturated rings. The van der Waals surface area contributed by atoms with Crippen molar-refractivity contribution in [1.82, 2.24) is 9.88 Å². The van der Waals surface area contributed by atoms with Gasteiger partial charge in [0.25, 0.3) is 5.91 Å². The highest BCUT2D eigenvalue weighted by Crippen LogP contribution is 2.34. The number of carbonyl (C=O) groups excluding carboxylic acids is 1. The predicted molar refractivity (Wildman–Crippen MR) is 100 cm³/mol. The molecule has 0 radical (unpaired) electrons. The second-order valence-corrected chi connectivity index (χ2v) is 6.85. The van der Waals surface area contributed by atoms with Crippen molar-refractivity contribution < 1.29 is 19.0 Å². The summed E-state index contributed by atoms with van der Waals surface area (Å²) in [4.78, 5) is 12.9. The zero-order valence-corrected chi connectivity index (χ0v) is 15.0. The van der Waals surface area contributed by atoms with Crippen LogP contribution in [0.2, 0.25) is 0 Å². The fraction of sp³-hybridized carbons (Fsp3) is 0.286. The predicted octanol–water partition coefficient (Wildman–Crippen LogP) is 3.47. The first-order chi connectivity index (χ1) is 13.2. The maximum Gasteiger partial charge on any atom is 0.268 e. The average molecular weight is 364 g/mol. The van der Waals surface area contributed by atoms with Gasteiger partial charge in [-0.2, -0.15) is 0 Å². The first-order valence-corrected chi connectivity index (χ1v) is 9.18. The van der Waals surface area contributed by atoms with Gasteiger partial charge in [-0.1, -0.05) is 25.1 Å². The molecule has 1 amide bonds. The van der Waals surface area contributed by atoms with E-state index in [0.29, 0.717) is 18.8 Å².